The number of aromatic nitrogens is 1. The second-order valence-electron chi connectivity index (χ2n) is 10.7. The zero-order chi connectivity index (χ0) is 29.5. The van der Waals surface area contributed by atoms with Crippen LogP contribution in [-0.2, 0) is 0 Å². The van der Waals surface area contributed by atoms with Crippen LogP contribution in [-0.4, -0.2) is 23.8 Å². The van der Waals surface area contributed by atoms with Crippen molar-refractivity contribution in [3.8, 4) is 22.9 Å². The van der Waals surface area contributed by atoms with Crippen molar-refractivity contribution in [2.75, 3.05) is 11.9 Å². The maximum absolute atomic E-state index is 14.5. The molecule has 1 amide bonds. The molecule has 0 spiro atoms. The number of hydrogen-bond acceptors (Lipinski definition) is 3. The first-order chi connectivity index (χ1) is 20.3. The van der Waals surface area contributed by atoms with Crippen LogP contribution in [0.4, 0.5) is 5.69 Å². The number of anilines is 1. The fraction of sp³-hybridized carbons (Fsp3) is 0.108. The Morgan fingerprint density at radius 2 is 1.50 bits per heavy atom. The van der Waals surface area contributed by atoms with Gasteiger partial charge in [0.05, 0.1) is 33.9 Å². The van der Waals surface area contributed by atoms with Gasteiger partial charge in [-0.1, -0.05) is 78.4 Å². The highest BCUT2D eigenvalue weighted by Gasteiger charge is 2.26. The van der Waals surface area contributed by atoms with Crippen LogP contribution in [0.5, 0.6) is 0 Å². The molecule has 1 aromatic heterocycles. The first kappa shape index (κ1) is 26.7. The smallest absolute Gasteiger partial charge is 0.260 e. The standard InChI is InChI=1S/C37H29N3O2/c1-23-19-24(2)35(25(3)20-23)39(4)37(42)34-28(22-41)9-7-14-33(34)40-32-13-6-5-10-30(32)31-12-8-11-29(36(31)40)27-17-15-26(21-38)16-18-27/h5-20,22H,1-4H3. The third kappa shape index (κ3) is 4.25. The van der Waals surface area contributed by atoms with Crippen molar-refractivity contribution in [1.82, 2.24) is 4.57 Å². The number of aldehydes is 1. The van der Waals surface area contributed by atoms with E-state index in [-0.39, 0.29) is 5.91 Å². The number of amides is 1. The minimum Gasteiger partial charge on any atom is -0.311 e. The zero-order valence-electron chi connectivity index (χ0n) is 24.0. The topological polar surface area (TPSA) is 66.1 Å². The third-order valence-corrected chi connectivity index (χ3v) is 7.95. The molecule has 42 heavy (non-hydrogen) atoms. The minimum absolute atomic E-state index is 0.260. The van der Waals surface area contributed by atoms with Gasteiger partial charge in [0.15, 0.2) is 6.29 Å². The first-order valence-electron chi connectivity index (χ1n) is 13.8. The van der Waals surface area contributed by atoms with Crippen LogP contribution in [0.25, 0.3) is 38.6 Å². The molecule has 0 aliphatic carbocycles. The molecule has 0 N–H and O–H groups in total. The van der Waals surface area contributed by atoms with Gasteiger partial charge in [-0.15, -0.1) is 0 Å². The molecule has 6 rings (SSSR count). The highest BCUT2D eigenvalue weighted by atomic mass is 16.2. The molecular weight excluding hydrogens is 518 g/mol. The molecule has 5 heteroatoms. The fourth-order valence-corrected chi connectivity index (χ4v) is 6.27. The molecule has 0 saturated heterocycles. The van der Waals surface area contributed by atoms with Crippen LogP contribution in [0.2, 0.25) is 0 Å². The largest absolute Gasteiger partial charge is 0.311 e. The number of aryl methyl sites for hydroxylation is 3. The van der Waals surface area contributed by atoms with Crippen LogP contribution < -0.4 is 4.90 Å². The summed E-state index contributed by atoms with van der Waals surface area (Å²) in [5.74, 6) is -0.260. The van der Waals surface area contributed by atoms with Crippen molar-refractivity contribution in [1.29, 1.82) is 5.26 Å². The fourth-order valence-electron chi connectivity index (χ4n) is 6.27. The van der Waals surface area contributed by atoms with Gasteiger partial charge in [-0.3, -0.25) is 9.59 Å². The van der Waals surface area contributed by atoms with Crippen molar-refractivity contribution in [2.24, 2.45) is 0 Å². The Labute approximate surface area is 244 Å². The van der Waals surface area contributed by atoms with Crippen molar-refractivity contribution in [3.63, 3.8) is 0 Å². The SMILES string of the molecule is Cc1cc(C)c(N(C)C(=O)c2c(C=O)cccc2-n2c3ccccc3c3cccc(-c4ccc(C#N)cc4)c32)c(C)c1. The van der Waals surface area contributed by atoms with E-state index in [4.69, 9.17) is 0 Å². The number of carbonyl (C=O) groups excluding carboxylic acids is 2. The predicted octanol–water partition coefficient (Wildman–Crippen LogP) is 8.34. The van der Waals surface area contributed by atoms with Crippen molar-refractivity contribution >= 4 is 39.7 Å². The van der Waals surface area contributed by atoms with E-state index in [1.807, 2.05) is 81.4 Å². The van der Waals surface area contributed by atoms with Gasteiger partial charge < -0.3 is 9.47 Å². The number of rotatable bonds is 5. The van der Waals surface area contributed by atoms with E-state index >= 15 is 0 Å². The van der Waals surface area contributed by atoms with Crippen molar-refractivity contribution in [2.45, 2.75) is 20.8 Å². The lowest BCUT2D eigenvalue weighted by Crippen LogP contribution is -2.30. The molecule has 0 aliphatic heterocycles. The summed E-state index contributed by atoms with van der Waals surface area (Å²) in [6.07, 6.45) is 0.759. The number of nitrogens with zero attached hydrogens (tertiary/aromatic N) is 3. The van der Waals surface area contributed by atoms with Gasteiger partial charge in [-0.2, -0.15) is 5.26 Å². The van der Waals surface area contributed by atoms with E-state index in [1.165, 1.54) is 0 Å². The maximum atomic E-state index is 14.5. The molecule has 6 aromatic rings. The summed E-state index contributed by atoms with van der Waals surface area (Å²) in [7, 11) is 1.77. The van der Waals surface area contributed by atoms with Gasteiger partial charge in [-0.25, -0.2) is 0 Å². The molecule has 0 unspecified atom stereocenters. The van der Waals surface area contributed by atoms with E-state index in [9.17, 15) is 14.9 Å². The van der Waals surface area contributed by atoms with Crippen molar-refractivity contribution in [3.05, 3.63) is 130 Å². The molecule has 0 aliphatic rings. The Morgan fingerprint density at radius 1 is 0.833 bits per heavy atom. The van der Waals surface area contributed by atoms with Gasteiger partial charge in [0.25, 0.3) is 5.91 Å². The summed E-state index contributed by atoms with van der Waals surface area (Å²) >= 11 is 0. The lowest BCUT2D eigenvalue weighted by Gasteiger charge is -2.25. The summed E-state index contributed by atoms with van der Waals surface area (Å²) in [6.45, 7) is 6.05. The number of carbonyl (C=O) groups is 2. The average Bonchev–Trinajstić information content (AvgIpc) is 3.34. The summed E-state index contributed by atoms with van der Waals surface area (Å²) in [5, 5.41) is 11.4. The second-order valence-corrected chi connectivity index (χ2v) is 10.7. The van der Waals surface area contributed by atoms with Crippen LogP contribution in [0, 0.1) is 32.1 Å². The van der Waals surface area contributed by atoms with Crippen LogP contribution in [0.3, 0.4) is 0 Å². The number of hydrogen-bond donors (Lipinski definition) is 0. The van der Waals surface area contributed by atoms with Gasteiger partial charge in [0, 0.05) is 34.6 Å². The van der Waals surface area contributed by atoms with Crippen LogP contribution >= 0.6 is 0 Å². The normalized spacial score (nSPS) is 11.0. The predicted molar refractivity (Wildman–Crippen MR) is 170 cm³/mol. The van der Waals surface area contributed by atoms with Crippen molar-refractivity contribution < 1.29 is 9.59 Å². The number of fused-ring (bicyclic) bond motifs is 3. The van der Waals surface area contributed by atoms with Crippen LogP contribution in [0.15, 0.2) is 97.1 Å². The van der Waals surface area contributed by atoms with E-state index in [2.05, 4.69) is 41.0 Å². The minimum atomic E-state index is -0.260. The highest BCUT2D eigenvalue weighted by molar-refractivity contribution is 6.17. The zero-order valence-corrected chi connectivity index (χ0v) is 24.0. The van der Waals surface area contributed by atoms with Crippen LogP contribution in [0.1, 0.15) is 43.0 Å². The lowest BCUT2D eigenvalue weighted by molar-refractivity contribution is 0.0986. The Kier molecular flexibility index (Phi) is 6.68. The molecule has 0 saturated carbocycles. The molecule has 0 atom stereocenters. The van der Waals surface area contributed by atoms with E-state index in [0.29, 0.717) is 22.4 Å². The third-order valence-electron chi connectivity index (χ3n) is 7.95. The van der Waals surface area contributed by atoms with Gasteiger partial charge >= 0.3 is 0 Å². The monoisotopic (exact) mass is 547 g/mol. The molecule has 204 valence electrons. The quantitative estimate of drug-likeness (QED) is 0.204. The molecule has 0 radical (unpaired) electrons. The van der Waals surface area contributed by atoms with E-state index in [1.54, 1.807) is 18.0 Å². The second kappa shape index (κ2) is 10.5. The summed E-state index contributed by atoms with van der Waals surface area (Å²) in [4.78, 5) is 28.6. The Hall–Kier alpha value is -5.47. The van der Waals surface area contributed by atoms with Gasteiger partial charge in [0.2, 0.25) is 0 Å². The molecule has 5 aromatic carbocycles. The highest BCUT2D eigenvalue weighted by Crippen LogP contribution is 2.39. The Bertz CT molecular complexity index is 2050. The molecule has 0 bridgehead atoms. The summed E-state index contributed by atoms with van der Waals surface area (Å²) in [5.41, 5.74) is 9.59. The number of nitriles is 1. The number of benzene rings is 5. The van der Waals surface area contributed by atoms with E-state index in [0.717, 1.165) is 61.6 Å². The first-order valence-corrected chi connectivity index (χ1v) is 13.8. The summed E-state index contributed by atoms with van der Waals surface area (Å²) < 4.78 is 2.10. The summed E-state index contributed by atoms with van der Waals surface area (Å²) in [6, 6.07) is 33.5. The molecule has 5 nitrogen and oxygen atoms in total. The van der Waals surface area contributed by atoms with Gasteiger partial charge in [0.1, 0.15) is 0 Å². The Balaban J connectivity index is 1.67. The van der Waals surface area contributed by atoms with Gasteiger partial charge in [-0.05, 0) is 61.7 Å². The lowest BCUT2D eigenvalue weighted by atomic mass is 9.99. The molecule has 1 heterocycles. The average molecular weight is 548 g/mol. The maximum Gasteiger partial charge on any atom is 0.260 e. The van der Waals surface area contributed by atoms with E-state index < -0.39 is 0 Å². The molecular formula is C37H29N3O2. The number of para-hydroxylation sites is 2. The Morgan fingerprint density at radius 3 is 2.19 bits per heavy atom. The molecule has 0 fully saturated rings.